The molecule has 0 saturated carbocycles. The van der Waals surface area contributed by atoms with Crippen LogP contribution in [0.5, 0.6) is 5.75 Å². The minimum Gasteiger partial charge on any atom is -0.489 e. The standard InChI is InChI=1S/C22H21FN2O4S2/c23-18-5-4-6-19(14-18)29-15-17-13-21(30-16-17)22(26)24-9-11-25(12-10-24)31(27,28)20-7-2-1-3-8-20/h1-8,13-14,16H,9-12,15H2. The summed E-state index contributed by atoms with van der Waals surface area (Å²) in [4.78, 5) is 15.3. The molecule has 0 radical (unpaired) electrons. The van der Waals surface area contributed by atoms with E-state index in [4.69, 9.17) is 4.74 Å². The van der Waals surface area contributed by atoms with Gasteiger partial charge in [0.1, 0.15) is 18.2 Å². The molecule has 0 unspecified atom stereocenters. The Balaban J connectivity index is 1.34. The van der Waals surface area contributed by atoms with Gasteiger partial charge in [-0.25, -0.2) is 12.8 Å². The van der Waals surface area contributed by atoms with E-state index in [2.05, 4.69) is 0 Å². The van der Waals surface area contributed by atoms with E-state index in [-0.39, 0.29) is 36.3 Å². The average molecular weight is 461 g/mol. The van der Waals surface area contributed by atoms with Crippen LogP contribution in [0.1, 0.15) is 15.2 Å². The lowest BCUT2D eigenvalue weighted by Gasteiger charge is -2.33. The van der Waals surface area contributed by atoms with Gasteiger partial charge in [-0.15, -0.1) is 11.3 Å². The van der Waals surface area contributed by atoms with Gasteiger partial charge in [-0.05, 0) is 35.7 Å². The number of carbonyl (C=O) groups excluding carboxylic acids is 1. The van der Waals surface area contributed by atoms with E-state index >= 15 is 0 Å². The van der Waals surface area contributed by atoms with Crippen molar-refractivity contribution in [3.05, 3.63) is 82.3 Å². The quantitative estimate of drug-likeness (QED) is 0.564. The van der Waals surface area contributed by atoms with Crippen molar-refractivity contribution in [3.8, 4) is 5.75 Å². The molecule has 2 aromatic carbocycles. The molecule has 1 aliphatic rings. The summed E-state index contributed by atoms with van der Waals surface area (Å²) in [6.07, 6.45) is 0. The number of hydrogen-bond donors (Lipinski definition) is 0. The van der Waals surface area contributed by atoms with Crippen LogP contribution in [0.15, 0.2) is 70.9 Å². The van der Waals surface area contributed by atoms with Gasteiger partial charge < -0.3 is 9.64 Å². The van der Waals surface area contributed by atoms with Crippen molar-refractivity contribution in [2.75, 3.05) is 26.2 Å². The topological polar surface area (TPSA) is 66.9 Å². The van der Waals surface area contributed by atoms with Gasteiger partial charge in [0.15, 0.2) is 0 Å². The molecule has 2 heterocycles. The van der Waals surface area contributed by atoms with Crippen LogP contribution >= 0.6 is 11.3 Å². The Morgan fingerprint density at radius 2 is 1.74 bits per heavy atom. The second kappa shape index (κ2) is 9.17. The number of hydrogen-bond acceptors (Lipinski definition) is 5. The Morgan fingerprint density at radius 1 is 1.00 bits per heavy atom. The van der Waals surface area contributed by atoms with E-state index in [0.29, 0.717) is 23.7 Å². The Hall–Kier alpha value is -2.75. The maximum atomic E-state index is 13.2. The van der Waals surface area contributed by atoms with E-state index in [1.54, 1.807) is 53.4 Å². The van der Waals surface area contributed by atoms with Gasteiger partial charge in [0.05, 0.1) is 9.77 Å². The lowest BCUT2D eigenvalue weighted by molar-refractivity contribution is 0.0702. The zero-order valence-corrected chi connectivity index (χ0v) is 18.2. The van der Waals surface area contributed by atoms with Gasteiger partial charge in [-0.2, -0.15) is 4.31 Å². The number of carbonyl (C=O) groups is 1. The van der Waals surface area contributed by atoms with Crippen molar-refractivity contribution >= 4 is 27.3 Å². The van der Waals surface area contributed by atoms with Crippen LogP contribution in [-0.2, 0) is 16.6 Å². The minimum absolute atomic E-state index is 0.126. The zero-order chi connectivity index (χ0) is 21.8. The highest BCUT2D eigenvalue weighted by molar-refractivity contribution is 7.89. The molecule has 0 spiro atoms. The number of halogens is 1. The van der Waals surface area contributed by atoms with Crippen molar-refractivity contribution < 1.29 is 22.3 Å². The third-order valence-corrected chi connectivity index (χ3v) is 7.85. The molecule has 4 rings (SSSR count). The van der Waals surface area contributed by atoms with Crippen molar-refractivity contribution in [1.82, 2.24) is 9.21 Å². The largest absolute Gasteiger partial charge is 0.489 e. The van der Waals surface area contributed by atoms with Crippen molar-refractivity contribution in [2.24, 2.45) is 0 Å². The molecular formula is C22H21FN2O4S2. The number of amides is 1. The molecule has 1 fully saturated rings. The van der Waals surface area contributed by atoms with Gasteiger partial charge >= 0.3 is 0 Å². The summed E-state index contributed by atoms with van der Waals surface area (Å²) >= 11 is 1.32. The lowest BCUT2D eigenvalue weighted by atomic mass is 10.3. The summed E-state index contributed by atoms with van der Waals surface area (Å²) in [5, 5.41) is 1.84. The molecule has 162 valence electrons. The van der Waals surface area contributed by atoms with E-state index in [1.807, 2.05) is 5.38 Å². The maximum Gasteiger partial charge on any atom is 0.264 e. The molecule has 0 atom stereocenters. The first kappa shape index (κ1) is 21.5. The second-order valence-electron chi connectivity index (χ2n) is 7.07. The number of benzene rings is 2. The van der Waals surface area contributed by atoms with Gasteiger partial charge in [0.25, 0.3) is 5.91 Å². The minimum atomic E-state index is -3.55. The fraction of sp³-hybridized carbons (Fsp3) is 0.227. The molecule has 31 heavy (non-hydrogen) atoms. The highest BCUT2D eigenvalue weighted by atomic mass is 32.2. The van der Waals surface area contributed by atoms with E-state index in [0.717, 1.165) is 5.56 Å². The first-order valence-corrected chi connectivity index (χ1v) is 12.1. The van der Waals surface area contributed by atoms with Gasteiger partial charge in [-0.1, -0.05) is 24.3 Å². The predicted octanol–water partition coefficient (Wildman–Crippen LogP) is 3.61. The van der Waals surface area contributed by atoms with Crippen LogP contribution in [-0.4, -0.2) is 49.7 Å². The molecule has 1 amide bonds. The number of nitrogens with zero attached hydrogens (tertiary/aromatic N) is 2. The highest BCUT2D eigenvalue weighted by Crippen LogP contribution is 2.22. The lowest BCUT2D eigenvalue weighted by Crippen LogP contribution is -2.50. The van der Waals surface area contributed by atoms with Gasteiger partial charge in [0.2, 0.25) is 10.0 Å². The summed E-state index contributed by atoms with van der Waals surface area (Å²) in [5.41, 5.74) is 0.822. The molecular weight excluding hydrogens is 439 g/mol. The van der Waals surface area contributed by atoms with E-state index in [9.17, 15) is 17.6 Å². The maximum absolute atomic E-state index is 13.2. The molecule has 0 N–H and O–H groups in total. The second-order valence-corrected chi connectivity index (χ2v) is 9.92. The fourth-order valence-corrected chi connectivity index (χ4v) is 5.62. The number of thiophene rings is 1. The molecule has 0 bridgehead atoms. The molecule has 1 aliphatic heterocycles. The summed E-state index contributed by atoms with van der Waals surface area (Å²) in [6.45, 7) is 1.40. The molecule has 1 saturated heterocycles. The number of piperazine rings is 1. The van der Waals surface area contributed by atoms with Gasteiger partial charge in [0, 0.05) is 37.8 Å². The first-order valence-electron chi connectivity index (χ1n) is 9.74. The fourth-order valence-electron chi connectivity index (χ4n) is 3.32. The molecule has 6 nitrogen and oxygen atoms in total. The molecule has 1 aromatic heterocycles. The van der Waals surface area contributed by atoms with E-state index in [1.165, 1.54) is 27.8 Å². The molecule has 0 aliphatic carbocycles. The number of ether oxygens (including phenoxy) is 1. The third-order valence-electron chi connectivity index (χ3n) is 4.97. The van der Waals surface area contributed by atoms with Crippen LogP contribution in [0.25, 0.3) is 0 Å². The first-order chi connectivity index (χ1) is 14.9. The van der Waals surface area contributed by atoms with Crippen LogP contribution in [0, 0.1) is 5.82 Å². The summed E-state index contributed by atoms with van der Waals surface area (Å²) in [6, 6.07) is 16.0. The zero-order valence-electron chi connectivity index (χ0n) is 16.6. The Morgan fingerprint density at radius 3 is 2.45 bits per heavy atom. The van der Waals surface area contributed by atoms with E-state index < -0.39 is 10.0 Å². The van der Waals surface area contributed by atoms with Crippen LogP contribution in [0.4, 0.5) is 4.39 Å². The normalized spacial score (nSPS) is 15.1. The van der Waals surface area contributed by atoms with Crippen molar-refractivity contribution in [2.45, 2.75) is 11.5 Å². The monoisotopic (exact) mass is 460 g/mol. The smallest absolute Gasteiger partial charge is 0.264 e. The molecule has 3 aromatic rings. The number of rotatable bonds is 6. The van der Waals surface area contributed by atoms with Gasteiger partial charge in [-0.3, -0.25) is 4.79 Å². The van der Waals surface area contributed by atoms with Crippen LogP contribution in [0.2, 0.25) is 0 Å². The summed E-state index contributed by atoms with van der Waals surface area (Å²) in [5.74, 6) is -0.0688. The predicted molar refractivity (Wildman–Crippen MR) is 116 cm³/mol. The highest BCUT2D eigenvalue weighted by Gasteiger charge is 2.30. The Labute approximate surface area is 184 Å². The van der Waals surface area contributed by atoms with Crippen LogP contribution < -0.4 is 4.74 Å². The Bertz CT molecular complexity index is 1160. The summed E-state index contributed by atoms with van der Waals surface area (Å²) in [7, 11) is -3.55. The van der Waals surface area contributed by atoms with Crippen molar-refractivity contribution in [1.29, 1.82) is 0 Å². The third kappa shape index (κ3) is 4.95. The Kier molecular flexibility index (Phi) is 6.35. The SMILES string of the molecule is O=C(c1cc(COc2cccc(F)c2)cs1)N1CCN(S(=O)(=O)c2ccccc2)CC1. The number of sulfonamides is 1. The average Bonchev–Trinajstić information content (AvgIpc) is 3.27. The molecule has 9 heteroatoms. The van der Waals surface area contributed by atoms with Crippen LogP contribution in [0.3, 0.4) is 0 Å². The summed E-state index contributed by atoms with van der Waals surface area (Å²) < 4.78 is 45.7. The van der Waals surface area contributed by atoms with Crippen molar-refractivity contribution in [3.63, 3.8) is 0 Å².